The number of nitro groups is 1. The van der Waals surface area contributed by atoms with E-state index in [1.807, 2.05) is 48.5 Å². The molecule has 2 bridgehead atoms. The van der Waals surface area contributed by atoms with Crippen molar-refractivity contribution in [3.63, 3.8) is 0 Å². The number of non-ortho nitro benzene ring substituents is 1. The second-order valence-corrected chi connectivity index (χ2v) is 11.2. The molecule has 1 heterocycles. The molecular formula is C33H22ClN3O6. The molecule has 3 aliphatic carbocycles. The molecular weight excluding hydrogens is 570 g/mol. The van der Waals surface area contributed by atoms with Crippen LogP contribution < -0.4 is 0 Å². The molecule has 0 spiro atoms. The zero-order valence-corrected chi connectivity index (χ0v) is 23.2. The third-order valence-corrected chi connectivity index (χ3v) is 9.03. The van der Waals surface area contributed by atoms with Gasteiger partial charge in [-0.05, 0) is 46.5 Å². The van der Waals surface area contributed by atoms with Gasteiger partial charge in [-0.3, -0.25) is 29.3 Å². The summed E-state index contributed by atoms with van der Waals surface area (Å²) in [6, 6.07) is 26.7. The van der Waals surface area contributed by atoms with Crippen LogP contribution in [0.2, 0.25) is 5.02 Å². The molecule has 1 saturated heterocycles. The molecule has 0 aromatic heterocycles. The first-order chi connectivity index (χ1) is 20.8. The zero-order valence-electron chi connectivity index (χ0n) is 22.4. The Bertz CT molecular complexity index is 1760. The Morgan fingerprint density at radius 3 is 1.67 bits per heavy atom. The van der Waals surface area contributed by atoms with Crippen LogP contribution in [0, 0.1) is 22.0 Å². The Morgan fingerprint density at radius 2 is 1.21 bits per heavy atom. The first-order valence-corrected chi connectivity index (χ1v) is 14.0. The number of halogens is 1. The Balaban J connectivity index is 1.32. The second-order valence-electron chi connectivity index (χ2n) is 10.8. The van der Waals surface area contributed by atoms with Crippen molar-refractivity contribution in [3.8, 4) is 0 Å². The summed E-state index contributed by atoms with van der Waals surface area (Å²) >= 11 is 6.36. The van der Waals surface area contributed by atoms with Gasteiger partial charge < -0.3 is 0 Å². The van der Waals surface area contributed by atoms with Crippen LogP contribution in [0.5, 0.6) is 0 Å². The molecule has 1 aliphatic heterocycles. The molecule has 9 nitrogen and oxygen atoms in total. The normalized spacial score (nSPS) is 21.2. The van der Waals surface area contributed by atoms with E-state index in [4.69, 9.17) is 11.6 Å². The number of hydrogen-bond acceptors (Lipinski definition) is 6. The largest absolute Gasteiger partial charge is 0.292 e. The van der Waals surface area contributed by atoms with Crippen LogP contribution >= 0.6 is 11.6 Å². The first kappa shape index (κ1) is 26.7. The molecule has 4 aliphatic rings. The van der Waals surface area contributed by atoms with Gasteiger partial charge in [-0.25, -0.2) is 5.01 Å². The molecule has 2 atom stereocenters. The number of benzene rings is 4. The lowest BCUT2D eigenvalue weighted by atomic mass is 9.55. The SMILES string of the molecule is O=C(CN(C(=O)c1ccccc1Cl)N1C(=O)[C@@H]2C3c4ccccc4C(c4ccccc43)[C@H]2C1=O)c1ccc([N+](=O)[O-])cc1. The van der Waals surface area contributed by atoms with Gasteiger partial charge in [-0.1, -0.05) is 72.3 Å². The minimum absolute atomic E-state index is 0.0192. The van der Waals surface area contributed by atoms with E-state index in [-0.39, 0.29) is 21.8 Å². The van der Waals surface area contributed by atoms with Gasteiger partial charge in [-0.15, -0.1) is 0 Å². The number of hydrazine groups is 1. The molecule has 8 rings (SSSR count). The Morgan fingerprint density at radius 1 is 0.744 bits per heavy atom. The molecule has 0 saturated carbocycles. The molecule has 212 valence electrons. The Kier molecular flexibility index (Phi) is 6.21. The van der Waals surface area contributed by atoms with Crippen LogP contribution in [0.3, 0.4) is 0 Å². The minimum Gasteiger partial charge on any atom is -0.292 e. The average molecular weight is 592 g/mol. The number of amides is 3. The Labute approximate surface area is 250 Å². The third kappa shape index (κ3) is 3.99. The highest BCUT2D eigenvalue weighted by molar-refractivity contribution is 6.34. The minimum atomic E-state index is -0.788. The lowest BCUT2D eigenvalue weighted by Crippen LogP contribution is -2.52. The van der Waals surface area contributed by atoms with Gasteiger partial charge in [0.25, 0.3) is 23.4 Å². The predicted molar refractivity (Wildman–Crippen MR) is 155 cm³/mol. The highest BCUT2D eigenvalue weighted by atomic mass is 35.5. The average Bonchev–Trinajstić information content (AvgIpc) is 3.29. The molecule has 0 radical (unpaired) electrons. The first-order valence-electron chi connectivity index (χ1n) is 13.7. The summed E-state index contributed by atoms with van der Waals surface area (Å²) in [4.78, 5) is 66.7. The lowest BCUT2D eigenvalue weighted by molar-refractivity contribution is -0.384. The zero-order chi connectivity index (χ0) is 30.0. The number of ketones is 1. The molecule has 4 aromatic rings. The van der Waals surface area contributed by atoms with Crippen LogP contribution in [0.4, 0.5) is 5.69 Å². The van der Waals surface area contributed by atoms with E-state index in [1.165, 1.54) is 36.4 Å². The van der Waals surface area contributed by atoms with Crippen molar-refractivity contribution in [1.82, 2.24) is 10.0 Å². The van der Waals surface area contributed by atoms with Gasteiger partial charge in [0.05, 0.1) is 27.3 Å². The lowest BCUT2D eigenvalue weighted by Gasteiger charge is -2.45. The maximum atomic E-state index is 14.4. The molecule has 4 aromatic carbocycles. The second kappa shape index (κ2) is 9.99. The molecule has 43 heavy (non-hydrogen) atoms. The smallest absolute Gasteiger partial charge is 0.274 e. The number of carbonyl (C=O) groups is 4. The number of rotatable bonds is 6. The van der Waals surface area contributed by atoms with Crippen molar-refractivity contribution in [2.75, 3.05) is 6.54 Å². The summed E-state index contributed by atoms with van der Waals surface area (Å²) in [5.41, 5.74) is 3.79. The van der Waals surface area contributed by atoms with Crippen molar-refractivity contribution in [2.24, 2.45) is 11.8 Å². The topological polar surface area (TPSA) is 118 Å². The number of carbonyl (C=O) groups excluding carboxylic acids is 4. The van der Waals surface area contributed by atoms with Gasteiger partial charge in [-0.2, -0.15) is 5.01 Å². The van der Waals surface area contributed by atoms with Crippen LogP contribution in [0.1, 0.15) is 54.8 Å². The summed E-state index contributed by atoms with van der Waals surface area (Å²) in [6.45, 7) is -0.659. The van der Waals surface area contributed by atoms with Gasteiger partial charge in [0.15, 0.2) is 5.78 Å². The molecule has 1 fully saturated rings. The van der Waals surface area contributed by atoms with Crippen molar-refractivity contribution in [1.29, 1.82) is 0 Å². The number of hydrogen-bond donors (Lipinski definition) is 0. The summed E-state index contributed by atoms with van der Waals surface area (Å²) in [5.74, 6) is -4.85. The summed E-state index contributed by atoms with van der Waals surface area (Å²) in [6.07, 6.45) is 0. The number of nitro benzene ring substituents is 1. The quantitative estimate of drug-likeness (QED) is 0.129. The fraction of sp³-hybridized carbons (Fsp3) is 0.152. The molecule has 0 unspecified atom stereocenters. The van der Waals surface area contributed by atoms with E-state index < -0.39 is 58.6 Å². The van der Waals surface area contributed by atoms with Crippen molar-refractivity contribution < 1.29 is 24.1 Å². The van der Waals surface area contributed by atoms with Gasteiger partial charge >= 0.3 is 0 Å². The van der Waals surface area contributed by atoms with Crippen LogP contribution in [-0.2, 0) is 9.59 Å². The van der Waals surface area contributed by atoms with E-state index in [1.54, 1.807) is 12.1 Å². The van der Waals surface area contributed by atoms with Gasteiger partial charge in [0.2, 0.25) is 0 Å². The third-order valence-electron chi connectivity index (χ3n) is 8.70. The maximum absolute atomic E-state index is 14.4. The van der Waals surface area contributed by atoms with Crippen molar-refractivity contribution in [3.05, 3.63) is 146 Å². The molecule has 10 heteroatoms. The van der Waals surface area contributed by atoms with Gasteiger partial charge in [0.1, 0.15) is 6.54 Å². The standard InChI is InChI=1S/C33H22ClN3O6/c34-25-12-6-5-11-24(25)31(39)35(17-26(38)18-13-15-19(16-14-18)37(42)43)36-32(40)29-27-20-7-1-2-8-21(20)28(30(29)33(36)41)23-10-4-3-9-22(23)27/h1-16,27-30H,17H2/t27?,28?,29-,30-/m1/s1. The monoisotopic (exact) mass is 591 g/mol. The number of imide groups is 1. The van der Waals surface area contributed by atoms with Crippen LogP contribution in [0.25, 0.3) is 0 Å². The molecule has 0 N–H and O–H groups in total. The van der Waals surface area contributed by atoms with Crippen molar-refractivity contribution in [2.45, 2.75) is 11.8 Å². The van der Waals surface area contributed by atoms with E-state index in [9.17, 15) is 29.3 Å². The van der Waals surface area contributed by atoms with E-state index in [0.717, 1.165) is 32.3 Å². The molecule has 3 amide bonds. The predicted octanol–water partition coefficient (Wildman–Crippen LogP) is 5.38. The van der Waals surface area contributed by atoms with Crippen LogP contribution in [0.15, 0.2) is 97.1 Å². The van der Waals surface area contributed by atoms with E-state index in [2.05, 4.69) is 0 Å². The number of nitrogens with zero attached hydrogens (tertiary/aromatic N) is 3. The van der Waals surface area contributed by atoms with Crippen LogP contribution in [-0.4, -0.2) is 45.0 Å². The highest BCUT2D eigenvalue weighted by Crippen LogP contribution is 2.61. The van der Waals surface area contributed by atoms with Crippen molar-refractivity contribution >= 4 is 40.8 Å². The highest BCUT2D eigenvalue weighted by Gasteiger charge is 2.63. The Hall–Kier alpha value is -5.15. The van der Waals surface area contributed by atoms with E-state index in [0.29, 0.717) is 0 Å². The maximum Gasteiger partial charge on any atom is 0.274 e. The summed E-state index contributed by atoms with van der Waals surface area (Å²) < 4.78 is 0. The van der Waals surface area contributed by atoms with Gasteiger partial charge in [0, 0.05) is 29.5 Å². The summed E-state index contributed by atoms with van der Waals surface area (Å²) in [7, 11) is 0. The summed E-state index contributed by atoms with van der Waals surface area (Å²) in [5, 5.41) is 12.9. The fourth-order valence-corrected chi connectivity index (χ4v) is 7.12. The van der Waals surface area contributed by atoms with E-state index >= 15 is 0 Å². The fourth-order valence-electron chi connectivity index (χ4n) is 6.90. The number of Topliss-reactive ketones (excluding diaryl/α,β-unsaturated/α-hetero) is 1.